The Morgan fingerprint density at radius 2 is 2.33 bits per heavy atom. The van der Waals surface area contributed by atoms with Gasteiger partial charge in [-0.1, -0.05) is 6.92 Å². The van der Waals surface area contributed by atoms with Gasteiger partial charge < -0.3 is 11.1 Å². The number of anilines is 1. The molecular weight excluding hydrogens is 292 g/mol. The summed E-state index contributed by atoms with van der Waals surface area (Å²) < 4.78 is 0. The molecule has 0 saturated heterocycles. The van der Waals surface area contributed by atoms with E-state index in [-0.39, 0.29) is 28.9 Å². The average molecular weight is 306 g/mol. The number of thiazole rings is 1. The highest BCUT2D eigenvalue weighted by molar-refractivity contribution is 7.09. The van der Waals surface area contributed by atoms with Crippen LogP contribution < -0.4 is 11.1 Å². The van der Waals surface area contributed by atoms with Gasteiger partial charge in [-0.2, -0.15) is 0 Å². The van der Waals surface area contributed by atoms with Crippen LogP contribution in [0.25, 0.3) is 0 Å². The number of rotatable bonds is 5. The van der Waals surface area contributed by atoms with Gasteiger partial charge in [0.15, 0.2) is 0 Å². The number of nitrogens with one attached hydrogen (secondary N) is 1. The largest absolute Gasteiger partial charge is 0.393 e. The summed E-state index contributed by atoms with van der Waals surface area (Å²) in [6, 6.07) is 3.79. The van der Waals surface area contributed by atoms with Crippen LogP contribution in [-0.2, 0) is 0 Å². The topological polar surface area (TPSA) is 111 Å². The van der Waals surface area contributed by atoms with E-state index in [4.69, 9.17) is 5.73 Å². The van der Waals surface area contributed by atoms with Crippen LogP contribution in [0.15, 0.2) is 29.8 Å². The molecule has 3 N–H and O–H groups in total. The fourth-order valence-electron chi connectivity index (χ4n) is 1.83. The molecule has 1 atom stereocenters. The van der Waals surface area contributed by atoms with E-state index < -0.39 is 4.92 Å². The zero-order chi connectivity index (χ0) is 15.4. The molecule has 7 nitrogen and oxygen atoms in total. The van der Waals surface area contributed by atoms with Gasteiger partial charge in [0.25, 0.3) is 11.6 Å². The standard InChI is InChI=1S/C13H14N4O3S/c1-2-10(13-15-5-6-21-13)16-12(18)8-3-4-9(14)11(7-8)17(19)20/h3-7,10H,2,14H2,1H3,(H,16,18). The van der Waals surface area contributed by atoms with Crippen LogP contribution in [0.1, 0.15) is 34.8 Å². The first kappa shape index (κ1) is 14.9. The van der Waals surface area contributed by atoms with Crippen molar-refractivity contribution in [3.63, 3.8) is 0 Å². The number of nitrogens with two attached hydrogens (primary N) is 1. The van der Waals surface area contributed by atoms with Crippen molar-refractivity contribution < 1.29 is 9.72 Å². The molecule has 1 amide bonds. The second-order valence-corrected chi connectivity index (χ2v) is 5.26. The lowest BCUT2D eigenvalue weighted by Crippen LogP contribution is -2.28. The average Bonchev–Trinajstić information content (AvgIpc) is 2.98. The SMILES string of the molecule is CCC(NC(=O)c1ccc(N)c([N+](=O)[O-])c1)c1nccs1. The lowest BCUT2D eigenvalue weighted by molar-refractivity contribution is -0.383. The van der Waals surface area contributed by atoms with Gasteiger partial charge in [0, 0.05) is 23.2 Å². The first-order chi connectivity index (χ1) is 10.0. The number of benzene rings is 1. The van der Waals surface area contributed by atoms with Crippen LogP contribution in [-0.4, -0.2) is 15.8 Å². The molecule has 110 valence electrons. The molecule has 1 unspecified atom stereocenters. The number of hydrogen-bond acceptors (Lipinski definition) is 6. The van der Waals surface area contributed by atoms with Gasteiger partial charge in [-0.15, -0.1) is 11.3 Å². The highest BCUT2D eigenvalue weighted by Gasteiger charge is 2.19. The minimum Gasteiger partial charge on any atom is -0.393 e. The molecule has 0 aliphatic heterocycles. The minimum atomic E-state index is -0.607. The Hall–Kier alpha value is -2.48. The molecule has 1 aromatic heterocycles. The maximum absolute atomic E-state index is 12.2. The van der Waals surface area contributed by atoms with Crippen molar-refractivity contribution in [3.05, 3.63) is 50.5 Å². The number of hydrogen-bond donors (Lipinski definition) is 2. The van der Waals surface area contributed by atoms with Crippen molar-refractivity contribution in [1.29, 1.82) is 0 Å². The Morgan fingerprint density at radius 1 is 1.57 bits per heavy atom. The Kier molecular flexibility index (Phi) is 4.49. The van der Waals surface area contributed by atoms with Crippen LogP contribution in [0.3, 0.4) is 0 Å². The third kappa shape index (κ3) is 3.34. The number of nitrogens with zero attached hydrogens (tertiary/aromatic N) is 2. The molecule has 1 aromatic carbocycles. The monoisotopic (exact) mass is 306 g/mol. The van der Waals surface area contributed by atoms with Crippen molar-refractivity contribution in [3.8, 4) is 0 Å². The Balaban J connectivity index is 2.20. The summed E-state index contributed by atoms with van der Waals surface area (Å²) in [5, 5.41) is 16.3. The zero-order valence-electron chi connectivity index (χ0n) is 11.3. The third-order valence-electron chi connectivity index (χ3n) is 2.95. The van der Waals surface area contributed by atoms with E-state index in [0.29, 0.717) is 6.42 Å². The van der Waals surface area contributed by atoms with E-state index in [0.717, 1.165) is 5.01 Å². The van der Waals surface area contributed by atoms with Crippen molar-refractivity contribution >= 4 is 28.6 Å². The van der Waals surface area contributed by atoms with Gasteiger partial charge in [-0.25, -0.2) is 4.98 Å². The van der Waals surface area contributed by atoms with Gasteiger partial charge in [0.2, 0.25) is 0 Å². The number of nitro benzene ring substituents is 1. The maximum Gasteiger partial charge on any atom is 0.292 e. The van der Waals surface area contributed by atoms with Crippen LogP contribution in [0.2, 0.25) is 0 Å². The highest BCUT2D eigenvalue weighted by Crippen LogP contribution is 2.24. The lowest BCUT2D eigenvalue weighted by Gasteiger charge is -2.14. The highest BCUT2D eigenvalue weighted by atomic mass is 32.1. The molecule has 8 heteroatoms. The van der Waals surface area contributed by atoms with Gasteiger partial charge in [-0.3, -0.25) is 14.9 Å². The van der Waals surface area contributed by atoms with Gasteiger partial charge in [0.05, 0.1) is 11.0 Å². The fraction of sp³-hybridized carbons (Fsp3) is 0.231. The third-order valence-corrected chi connectivity index (χ3v) is 3.84. The molecule has 2 aromatic rings. The second kappa shape index (κ2) is 6.31. The van der Waals surface area contributed by atoms with Crippen LogP contribution >= 0.6 is 11.3 Å². The Morgan fingerprint density at radius 3 is 2.90 bits per heavy atom. The van der Waals surface area contributed by atoms with E-state index in [2.05, 4.69) is 10.3 Å². The van der Waals surface area contributed by atoms with Crippen LogP contribution in [0, 0.1) is 10.1 Å². The number of carbonyl (C=O) groups is 1. The predicted molar refractivity (Wildman–Crippen MR) is 80.1 cm³/mol. The Labute approximate surface area is 125 Å². The molecule has 0 bridgehead atoms. The molecule has 0 spiro atoms. The first-order valence-corrected chi connectivity index (χ1v) is 7.15. The van der Waals surface area contributed by atoms with E-state index in [1.165, 1.54) is 29.5 Å². The molecule has 0 radical (unpaired) electrons. The zero-order valence-corrected chi connectivity index (χ0v) is 12.1. The summed E-state index contributed by atoms with van der Waals surface area (Å²) in [5.41, 5.74) is 5.47. The molecule has 2 rings (SSSR count). The second-order valence-electron chi connectivity index (χ2n) is 4.34. The minimum absolute atomic E-state index is 0.0310. The summed E-state index contributed by atoms with van der Waals surface area (Å²) >= 11 is 1.45. The smallest absolute Gasteiger partial charge is 0.292 e. The van der Waals surface area contributed by atoms with Crippen molar-refractivity contribution in [2.75, 3.05) is 5.73 Å². The quantitative estimate of drug-likeness (QED) is 0.501. The van der Waals surface area contributed by atoms with Gasteiger partial charge in [-0.05, 0) is 18.6 Å². The fourth-order valence-corrected chi connectivity index (χ4v) is 2.60. The van der Waals surface area contributed by atoms with Crippen molar-refractivity contribution in [2.24, 2.45) is 0 Å². The maximum atomic E-state index is 12.2. The van der Waals surface area contributed by atoms with Crippen molar-refractivity contribution in [1.82, 2.24) is 10.3 Å². The Bertz CT molecular complexity index is 657. The van der Waals surface area contributed by atoms with Crippen molar-refractivity contribution in [2.45, 2.75) is 19.4 Å². The molecule has 1 heterocycles. The summed E-state index contributed by atoms with van der Waals surface area (Å²) in [6.07, 6.45) is 2.35. The van der Waals surface area contributed by atoms with E-state index in [9.17, 15) is 14.9 Å². The first-order valence-electron chi connectivity index (χ1n) is 6.27. The summed E-state index contributed by atoms with van der Waals surface area (Å²) in [7, 11) is 0. The number of nitrogen functional groups attached to an aromatic ring is 1. The molecular formula is C13H14N4O3S. The van der Waals surface area contributed by atoms with E-state index in [1.54, 1.807) is 6.20 Å². The summed E-state index contributed by atoms with van der Waals surface area (Å²) in [6.45, 7) is 1.93. The normalized spacial score (nSPS) is 11.9. The molecule has 21 heavy (non-hydrogen) atoms. The number of nitro groups is 1. The summed E-state index contributed by atoms with van der Waals surface area (Å²) in [5.74, 6) is -0.389. The number of aromatic nitrogens is 1. The lowest BCUT2D eigenvalue weighted by atomic mass is 10.1. The molecule has 0 aliphatic rings. The predicted octanol–water partition coefficient (Wildman–Crippen LogP) is 2.51. The van der Waals surface area contributed by atoms with Crippen LogP contribution in [0.5, 0.6) is 0 Å². The van der Waals surface area contributed by atoms with E-state index >= 15 is 0 Å². The molecule has 0 aliphatic carbocycles. The summed E-state index contributed by atoms with van der Waals surface area (Å²) in [4.78, 5) is 26.6. The number of amides is 1. The molecule has 0 saturated carbocycles. The number of carbonyl (C=O) groups excluding carboxylic acids is 1. The molecule has 0 fully saturated rings. The van der Waals surface area contributed by atoms with Gasteiger partial charge in [0.1, 0.15) is 10.7 Å². The van der Waals surface area contributed by atoms with E-state index in [1.807, 2.05) is 12.3 Å². The van der Waals surface area contributed by atoms with Crippen LogP contribution in [0.4, 0.5) is 11.4 Å². The van der Waals surface area contributed by atoms with Gasteiger partial charge >= 0.3 is 0 Å².